The number of carbonyl (C=O) groups excluding carboxylic acids is 1. The van der Waals surface area contributed by atoms with Gasteiger partial charge in [0.2, 0.25) is 0 Å². The van der Waals surface area contributed by atoms with Crippen molar-refractivity contribution in [1.29, 1.82) is 0 Å². The van der Waals surface area contributed by atoms with Crippen molar-refractivity contribution in [3.8, 4) is 5.75 Å². The van der Waals surface area contributed by atoms with Gasteiger partial charge in [-0.1, -0.05) is 6.92 Å². The maximum atomic E-state index is 12.3. The Bertz CT molecular complexity index is 475. The van der Waals surface area contributed by atoms with Gasteiger partial charge in [-0.25, -0.2) is 4.79 Å². The van der Waals surface area contributed by atoms with E-state index in [2.05, 4.69) is 4.74 Å². The number of rotatable bonds is 5. The van der Waals surface area contributed by atoms with Gasteiger partial charge in [0.25, 0.3) is 0 Å². The van der Waals surface area contributed by atoms with E-state index in [4.69, 9.17) is 10.5 Å². The maximum Gasteiger partial charge on any atom is 0.387 e. The predicted octanol–water partition coefficient (Wildman–Crippen LogP) is 3.05. The molecule has 0 radical (unpaired) electrons. The summed E-state index contributed by atoms with van der Waals surface area (Å²) in [4.78, 5) is 11.9. The lowest BCUT2D eigenvalue weighted by Crippen LogP contribution is -2.14. The molecule has 0 amide bonds. The van der Waals surface area contributed by atoms with Crippen LogP contribution in [-0.2, 0) is 4.74 Å². The lowest BCUT2D eigenvalue weighted by atomic mass is 10.0. The van der Waals surface area contributed by atoms with Crippen LogP contribution >= 0.6 is 0 Å². The molecule has 0 saturated heterocycles. The van der Waals surface area contributed by atoms with E-state index >= 15 is 0 Å². The minimum absolute atomic E-state index is 0.0647. The molecule has 0 fully saturated rings. The van der Waals surface area contributed by atoms with E-state index in [0.29, 0.717) is 12.0 Å². The van der Waals surface area contributed by atoms with E-state index in [1.54, 1.807) is 6.92 Å². The number of benzene rings is 1. The molecule has 0 aliphatic rings. The zero-order chi connectivity index (χ0) is 14.6. The van der Waals surface area contributed by atoms with Crippen molar-refractivity contribution in [1.82, 2.24) is 0 Å². The van der Waals surface area contributed by atoms with Gasteiger partial charge < -0.3 is 15.2 Å². The zero-order valence-corrected chi connectivity index (χ0v) is 11.1. The number of halogens is 2. The summed E-state index contributed by atoms with van der Waals surface area (Å²) in [5, 5.41) is 0. The largest absolute Gasteiger partial charge is 0.462 e. The van der Waals surface area contributed by atoms with Crippen LogP contribution in [0, 0.1) is 13.8 Å². The van der Waals surface area contributed by atoms with Gasteiger partial charge in [0, 0.05) is 11.3 Å². The Morgan fingerprint density at radius 2 is 2.05 bits per heavy atom. The number of ether oxygens (including phenoxy) is 2. The molecule has 4 nitrogen and oxygen atoms in total. The molecule has 0 heterocycles. The number of aryl methyl sites for hydroxylation is 1. The number of nitrogens with two attached hydrogens (primary N) is 1. The van der Waals surface area contributed by atoms with Crippen molar-refractivity contribution in [2.45, 2.75) is 33.8 Å². The van der Waals surface area contributed by atoms with E-state index < -0.39 is 12.6 Å². The smallest absolute Gasteiger partial charge is 0.387 e. The van der Waals surface area contributed by atoms with Crippen molar-refractivity contribution in [2.75, 3.05) is 12.3 Å². The molecule has 19 heavy (non-hydrogen) atoms. The van der Waals surface area contributed by atoms with Crippen LogP contribution in [0.25, 0.3) is 0 Å². The van der Waals surface area contributed by atoms with Gasteiger partial charge in [-0.2, -0.15) is 8.78 Å². The lowest BCUT2D eigenvalue weighted by molar-refractivity contribution is -0.0504. The molecular weight excluding hydrogens is 256 g/mol. The van der Waals surface area contributed by atoms with Gasteiger partial charge in [0.15, 0.2) is 0 Å². The molecule has 0 aliphatic carbocycles. The third-order valence-electron chi connectivity index (χ3n) is 2.64. The van der Waals surface area contributed by atoms with Crippen molar-refractivity contribution in [3.63, 3.8) is 0 Å². The fourth-order valence-corrected chi connectivity index (χ4v) is 1.65. The number of carbonyl (C=O) groups is 1. The summed E-state index contributed by atoms with van der Waals surface area (Å²) in [5.41, 5.74) is 6.87. The Balaban J connectivity index is 3.21. The Kier molecular flexibility index (Phi) is 5.09. The molecule has 1 aromatic carbocycles. The van der Waals surface area contributed by atoms with Crippen LogP contribution in [0.15, 0.2) is 6.07 Å². The molecule has 0 spiro atoms. The lowest BCUT2D eigenvalue weighted by Gasteiger charge is -2.16. The van der Waals surface area contributed by atoms with Gasteiger partial charge in [-0.3, -0.25) is 0 Å². The average Bonchev–Trinajstić information content (AvgIpc) is 2.33. The molecule has 0 atom stereocenters. The van der Waals surface area contributed by atoms with E-state index in [1.807, 2.05) is 6.92 Å². The molecule has 0 saturated carbocycles. The summed E-state index contributed by atoms with van der Waals surface area (Å²) in [6, 6.07) is 1.38. The van der Waals surface area contributed by atoms with Crippen LogP contribution in [0.1, 0.15) is 34.8 Å². The monoisotopic (exact) mass is 273 g/mol. The molecule has 6 heteroatoms. The van der Waals surface area contributed by atoms with Gasteiger partial charge in [0.05, 0.1) is 12.2 Å². The van der Waals surface area contributed by atoms with Crippen LogP contribution in [0.5, 0.6) is 5.75 Å². The van der Waals surface area contributed by atoms with E-state index in [0.717, 1.165) is 0 Å². The molecule has 0 bridgehead atoms. The SMILES string of the molecule is CCCOC(=O)c1c(C)c(OC(F)F)cc(C)c1N. The Hall–Kier alpha value is -1.85. The first-order valence-corrected chi connectivity index (χ1v) is 5.90. The third kappa shape index (κ3) is 3.56. The van der Waals surface area contributed by atoms with Crippen LogP contribution in [-0.4, -0.2) is 19.2 Å². The van der Waals surface area contributed by atoms with E-state index in [9.17, 15) is 13.6 Å². The Labute approximate surface area is 110 Å². The molecule has 1 rings (SSSR count). The van der Waals surface area contributed by atoms with Crippen molar-refractivity contribution in [2.24, 2.45) is 0 Å². The fraction of sp³-hybridized carbons (Fsp3) is 0.462. The van der Waals surface area contributed by atoms with E-state index in [-0.39, 0.29) is 29.2 Å². The summed E-state index contributed by atoms with van der Waals surface area (Å²) in [6.07, 6.45) is 0.664. The molecule has 0 aliphatic heterocycles. The van der Waals surface area contributed by atoms with Gasteiger partial charge in [0.1, 0.15) is 5.75 Å². The highest BCUT2D eigenvalue weighted by atomic mass is 19.3. The quantitative estimate of drug-likeness (QED) is 0.661. The standard InChI is InChI=1S/C13H17F2NO3/c1-4-5-18-12(17)10-8(3)9(19-13(14)15)6-7(2)11(10)16/h6,13H,4-5,16H2,1-3H3. The number of hydrogen-bond donors (Lipinski definition) is 1. The van der Waals surface area contributed by atoms with Crippen molar-refractivity contribution >= 4 is 11.7 Å². The zero-order valence-electron chi connectivity index (χ0n) is 11.1. The highest BCUT2D eigenvalue weighted by molar-refractivity contribution is 5.98. The Morgan fingerprint density at radius 1 is 1.42 bits per heavy atom. The molecule has 2 N–H and O–H groups in total. The minimum atomic E-state index is -2.96. The molecule has 1 aromatic rings. The van der Waals surface area contributed by atoms with Crippen molar-refractivity contribution < 1.29 is 23.0 Å². The summed E-state index contributed by atoms with van der Waals surface area (Å²) < 4.78 is 34.0. The second-order valence-electron chi connectivity index (χ2n) is 4.12. The number of nitrogen functional groups attached to an aromatic ring is 1. The second kappa shape index (κ2) is 6.36. The van der Waals surface area contributed by atoms with Gasteiger partial charge in [-0.05, 0) is 31.9 Å². The number of alkyl halides is 2. The average molecular weight is 273 g/mol. The highest BCUT2D eigenvalue weighted by Gasteiger charge is 2.21. The maximum absolute atomic E-state index is 12.3. The normalized spacial score (nSPS) is 10.6. The summed E-state index contributed by atoms with van der Waals surface area (Å²) in [7, 11) is 0. The summed E-state index contributed by atoms with van der Waals surface area (Å²) in [6.45, 7) is 2.25. The molecule has 0 aromatic heterocycles. The second-order valence-corrected chi connectivity index (χ2v) is 4.12. The van der Waals surface area contributed by atoms with Crippen LogP contribution in [0.2, 0.25) is 0 Å². The topological polar surface area (TPSA) is 61.5 Å². The highest BCUT2D eigenvalue weighted by Crippen LogP contribution is 2.31. The van der Waals surface area contributed by atoms with Gasteiger partial charge >= 0.3 is 12.6 Å². The third-order valence-corrected chi connectivity index (χ3v) is 2.64. The first-order chi connectivity index (χ1) is 8.88. The first kappa shape index (κ1) is 15.2. The number of hydrogen-bond acceptors (Lipinski definition) is 4. The Morgan fingerprint density at radius 3 is 2.58 bits per heavy atom. The minimum Gasteiger partial charge on any atom is -0.462 e. The van der Waals surface area contributed by atoms with Gasteiger partial charge in [-0.15, -0.1) is 0 Å². The van der Waals surface area contributed by atoms with Crippen LogP contribution in [0.3, 0.4) is 0 Å². The predicted molar refractivity (Wildman–Crippen MR) is 67.5 cm³/mol. The number of anilines is 1. The summed E-state index contributed by atoms with van der Waals surface area (Å²) in [5.74, 6) is -0.690. The van der Waals surface area contributed by atoms with Crippen LogP contribution < -0.4 is 10.5 Å². The fourth-order valence-electron chi connectivity index (χ4n) is 1.65. The summed E-state index contributed by atoms with van der Waals surface area (Å²) >= 11 is 0. The van der Waals surface area contributed by atoms with E-state index in [1.165, 1.54) is 13.0 Å². The van der Waals surface area contributed by atoms with Crippen molar-refractivity contribution in [3.05, 3.63) is 22.8 Å². The van der Waals surface area contributed by atoms with Crippen LogP contribution in [0.4, 0.5) is 14.5 Å². The molecule has 106 valence electrons. The number of esters is 1. The molecular formula is C13H17F2NO3. The first-order valence-electron chi connectivity index (χ1n) is 5.90. The molecule has 0 unspecified atom stereocenters.